The van der Waals surface area contributed by atoms with Gasteiger partial charge < -0.3 is 5.32 Å². The first-order chi connectivity index (χ1) is 9.63. The number of hydrogen-bond donors (Lipinski definition) is 1. The van der Waals surface area contributed by atoms with Crippen molar-refractivity contribution < 1.29 is 13.6 Å². The molecule has 0 saturated heterocycles. The Morgan fingerprint density at radius 2 is 1.80 bits per heavy atom. The topological polar surface area (TPSA) is 29.1 Å². The molecule has 0 heterocycles. The number of amides is 1. The molecule has 2 unspecified atom stereocenters. The number of carbonyl (C=O) groups is 1. The minimum atomic E-state index is -0.381. The minimum Gasteiger partial charge on any atom is -0.326 e. The molecule has 3 rings (SSSR count). The molecule has 2 aromatic rings. The van der Waals surface area contributed by atoms with E-state index in [-0.39, 0.29) is 29.4 Å². The van der Waals surface area contributed by atoms with Crippen molar-refractivity contribution in [3.8, 4) is 0 Å². The summed E-state index contributed by atoms with van der Waals surface area (Å²) in [6, 6.07) is 12.0. The summed E-state index contributed by atoms with van der Waals surface area (Å²) < 4.78 is 25.9. The number of nitrogens with one attached hydrogen (secondary N) is 1. The number of rotatable bonds is 3. The standard InChI is InChI=1S/C16H13F2NO/c17-11-6-4-10(5-7-11)14-9-15(14)16(20)19-13-3-1-2-12(18)8-13/h1-8,14-15H,9H2,(H,19,20). The van der Waals surface area contributed by atoms with Crippen molar-refractivity contribution in [2.24, 2.45) is 5.92 Å². The van der Waals surface area contributed by atoms with E-state index in [0.717, 1.165) is 12.0 Å². The van der Waals surface area contributed by atoms with E-state index in [2.05, 4.69) is 5.32 Å². The molecule has 4 heteroatoms. The van der Waals surface area contributed by atoms with Crippen LogP contribution in [-0.2, 0) is 4.79 Å². The average Bonchev–Trinajstić information content (AvgIpc) is 3.20. The summed E-state index contributed by atoms with van der Waals surface area (Å²) in [5, 5.41) is 2.70. The first-order valence-corrected chi connectivity index (χ1v) is 6.45. The Morgan fingerprint density at radius 1 is 1.05 bits per heavy atom. The number of hydrogen-bond acceptors (Lipinski definition) is 1. The maximum atomic E-state index is 13.0. The summed E-state index contributed by atoms with van der Waals surface area (Å²) in [6.45, 7) is 0. The minimum absolute atomic E-state index is 0.120. The summed E-state index contributed by atoms with van der Waals surface area (Å²) in [7, 11) is 0. The predicted octanol–water partition coefficient (Wildman–Crippen LogP) is 3.71. The summed E-state index contributed by atoms with van der Waals surface area (Å²) in [5.41, 5.74) is 1.42. The molecule has 2 atom stereocenters. The molecule has 0 radical (unpaired) electrons. The summed E-state index contributed by atoms with van der Waals surface area (Å²) in [4.78, 5) is 12.0. The summed E-state index contributed by atoms with van der Waals surface area (Å²) >= 11 is 0. The van der Waals surface area contributed by atoms with Gasteiger partial charge in [-0.25, -0.2) is 8.78 Å². The Hall–Kier alpha value is -2.23. The quantitative estimate of drug-likeness (QED) is 0.907. The molecular weight excluding hydrogens is 260 g/mol. The lowest BCUT2D eigenvalue weighted by Crippen LogP contribution is -2.14. The highest BCUT2D eigenvalue weighted by atomic mass is 19.1. The number of halogens is 2. The van der Waals surface area contributed by atoms with Gasteiger partial charge in [0.05, 0.1) is 0 Å². The molecular formula is C16H13F2NO. The molecule has 1 fully saturated rings. The van der Waals surface area contributed by atoms with E-state index in [4.69, 9.17) is 0 Å². The van der Waals surface area contributed by atoms with Crippen LogP contribution in [0, 0.1) is 17.6 Å². The van der Waals surface area contributed by atoms with Crippen molar-refractivity contribution in [1.29, 1.82) is 0 Å². The smallest absolute Gasteiger partial charge is 0.228 e. The van der Waals surface area contributed by atoms with Crippen LogP contribution in [0.15, 0.2) is 48.5 Å². The maximum Gasteiger partial charge on any atom is 0.228 e. The highest BCUT2D eigenvalue weighted by molar-refractivity contribution is 5.95. The first kappa shape index (κ1) is 12.8. The second-order valence-electron chi connectivity index (χ2n) is 5.00. The van der Waals surface area contributed by atoms with Gasteiger partial charge in [0, 0.05) is 11.6 Å². The van der Waals surface area contributed by atoms with Gasteiger partial charge >= 0.3 is 0 Å². The molecule has 1 N–H and O–H groups in total. The lowest BCUT2D eigenvalue weighted by Gasteiger charge is -2.05. The average molecular weight is 273 g/mol. The zero-order chi connectivity index (χ0) is 14.1. The zero-order valence-corrected chi connectivity index (χ0v) is 10.6. The normalized spacial score (nSPS) is 20.5. The van der Waals surface area contributed by atoms with Gasteiger partial charge in [0.15, 0.2) is 0 Å². The Morgan fingerprint density at radius 3 is 2.50 bits per heavy atom. The van der Waals surface area contributed by atoms with Crippen molar-refractivity contribution in [2.45, 2.75) is 12.3 Å². The molecule has 0 bridgehead atoms. The zero-order valence-electron chi connectivity index (χ0n) is 10.6. The van der Waals surface area contributed by atoms with Crippen LogP contribution in [0.5, 0.6) is 0 Å². The highest BCUT2D eigenvalue weighted by Gasteiger charge is 2.43. The molecule has 1 amide bonds. The molecule has 2 nitrogen and oxygen atoms in total. The third kappa shape index (κ3) is 2.69. The van der Waals surface area contributed by atoms with Gasteiger partial charge in [0.2, 0.25) is 5.91 Å². The monoisotopic (exact) mass is 273 g/mol. The highest BCUT2D eigenvalue weighted by Crippen LogP contribution is 2.47. The molecule has 1 saturated carbocycles. The largest absolute Gasteiger partial charge is 0.326 e. The lowest BCUT2D eigenvalue weighted by molar-refractivity contribution is -0.117. The number of benzene rings is 2. The third-order valence-electron chi connectivity index (χ3n) is 3.52. The Kier molecular flexibility index (Phi) is 3.22. The summed E-state index contributed by atoms with van der Waals surface area (Å²) in [6.07, 6.45) is 0.743. The Balaban J connectivity index is 1.64. The SMILES string of the molecule is O=C(Nc1cccc(F)c1)C1CC1c1ccc(F)cc1. The number of anilines is 1. The van der Waals surface area contributed by atoms with Gasteiger partial charge in [-0.15, -0.1) is 0 Å². The summed E-state index contributed by atoms with van der Waals surface area (Å²) in [5.74, 6) is -0.776. The first-order valence-electron chi connectivity index (χ1n) is 6.45. The Labute approximate surface area is 115 Å². The van der Waals surface area contributed by atoms with Crippen molar-refractivity contribution in [3.63, 3.8) is 0 Å². The van der Waals surface area contributed by atoms with E-state index in [0.29, 0.717) is 5.69 Å². The van der Waals surface area contributed by atoms with Gasteiger partial charge in [-0.3, -0.25) is 4.79 Å². The van der Waals surface area contributed by atoms with E-state index >= 15 is 0 Å². The molecule has 2 aromatic carbocycles. The fourth-order valence-corrected chi connectivity index (χ4v) is 2.36. The van der Waals surface area contributed by atoms with Crippen LogP contribution in [-0.4, -0.2) is 5.91 Å². The molecule has 20 heavy (non-hydrogen) atoms. The van der Waals surface area contributed by atoms with Crippen molar-refractivity contribution in [1.82, 2.24) is 0 Å². The Bertz CT molecular complexity index is 639. The fraction of sp³-hybridized carbons (Fsp3) is 0.188. The molecule has 1 aliphatic carbocycles. The van der Waals surface area contributed by atoms with Crippen molar-refractivity contribution >= 4 is 11.6 Å². The molecule has 1 aliphatic rings. The van der Waals surface area contributed by atoms with Gasteiger partial charge in [0.1, 0.15) is 11.6 Å². The van der Waals surface area contributed by atoms with E-state index in [9.17, 15) is 13.6 Å². The number of carbonyl (C=O) groups excluding carboxylic acids is 1. The van der Waals surface area contributed by atoms with E-state index in [1.54, 1.807) is 24.3 Å². The maximum absolute atomic E-state index is 13.0. The van der Waals surface area contributed by atoms with Crippen LogP contribution >= 0.6 is 0 Å². The molecule has 0 aromatic heterocycles. The van der Waals surface area contributed by atoms with Crippen LogP contribution in [0.25, 0.3) is 0 Å². The van der Waals surface area contributed by atoms with Crippen LogP contribution in [0.4, 0.5) is 14.5 Å². The molecule has 0 aliphatic heterocycles. The molecule has 0 spiro atoms. The van der Waals surface area contributed by atoms with Gasteiger partial charge in [-0.2, -0.15) is 0 Å². The van der Waals surface area contributed by atoms with E-state index in [1.165, 1.54) is 24.3 Å². The van der Waals surface area contributed by atoms with Crippen LogP contribution < -0.4 is 5.32 Å². The second-order valence-corrected chi connectivity index (χ2v) is 5.00. The van der Waals surface area contributed by atoms with Gasteiger partial charge in [-0.05, 0) is 48.2 Å². The molecule has 102 valence electrons. The van der Waals surface area contributed by atoms with Crippen LogP contribution in [0.3, 0.4) is 0 Å². The van der Waals surface area contributed by atoms with Gasteiger partial charge in [-0.1, -0.05) is 18.2 Å². The van der Waals surface area contributed by atoms with E-state index < -0.39 is 0 Å². The van der Waals surface area contributed by atoms with Crippen molar-refractivity contribution in [3.05, 3.63) is 65.7 Å². The van der Waals surface area contributed by atoms with E-state index in [1.807, 2.05) is 0 Å². The third-order valence-corrected chi connectivity index (χ3v) is 3.52. The van der Waals surface area contributed by atoms with Gasteiger partial charge in [0.25, 0.3) is 0 Å². The van der Waals surface area contributed by atoms with Crippen LogP contribution in [0.2, 0.25) is 0 Å². The second kappa shape index (κ2) is 5.04. The lowest BCUT2D eigenvalue weighted by atomic mass is 10.1. The van der Waals surface area contributed by atoms with Crippen LogP contribution in [0.1, 0.15) is 17.9 Å². The van der Waals surface area contributed by atoms with Crippen molar-refractivity contribution in [2.75, 3.05) is 5.32 Å². The fourth-order valence-electron chi connectivity index (χ4n) is 2.36. The predicted molar refractivity (Wildman–Crippen MR) is 72.3 cm³/mol.